The molecule has 1 aliphatic heterocycles. The topological polar surface area (TPSA) is 60.5 Å². The minimum atomic E-state index is -0.0115. The van der Waals surface area contributed by atoms with Crippen molar-refractivity contribution < 1.29 is 14.3 Å². The molecule has 0 radical (unpaired) electrons. The molecule has 1 amide bonds. The molecule has 1 aromatic carbocycles. The van der Waals surface area contributed by atoms with Gasteiger partial charge in [-0.15, -0.1) is 11.3 Å². The highest BCUT2D eigenvalue weighted by atomic mass is 32.1. The van der Waals surface area contributed by atoms with Gasteiger partial charge in [-0.3, -0.25) is 4.79 Å². The fourth-order valence-electron chi connectivity index (χ4n) is 2.82. The average molecular weight is 346 g/mol. The number of anilines is 1. The van der Waals surface area contributed by atoms with Crippen LogP contribution in [0.5, 0.6) is 5.75 Å². The second kappa shape index (κ2) is 7.77. The van der Waals surface area contributed by atoms with Crippen LogP contribution >= 0.6 is 11.3 Å². The molecule has 1 atom stereocenters. The third kappa shape index (κ3) is 4.13. The molecule has 0 unspecified atom stereocenters. The van der Waals surface area contributed by atoms with Crippen molar-refractivity contribution >= 4 is 22.4 Å². The lowest BCUT2D eigenvalue weighted by Crippen LogP contribution is -2.15. The van der Waals surface area contributed by atoms with Crippen LogP contribution in [0.4, 0.5) is 5.13 Å². The van der Waals surface area contributed by atoms with Crippen molar-refractivity contribution in [2.75, 3.05) is 19.0 Å². The SMILES string of the molecule is COc1ccc(C)cc1-c1csc(NC(=O)CC[C@@H]2CCCO2)n1. The van der Waals surface area contributed by atoms with Crippen LogP contribution in [0.25, 0.3) is 11.3 Å². The van der Waals surface area contributed by atoms with Crippen molar-refractivity contribution in [3.05, 3.63) is 29.1 Å². The summed E-state index contributed by atoms with van der Waals surface area (Å²) >= 11 is 1.43. The Balaban J connectivity index is 1.63. The first-order valence-corrected chi connectivity index (χ1v) is 9.05. The maximum atomic E-state index is 12.1. The maximum absolute atomic E-state index is 12.1. The van der Waals surface area contributed by atoms with Crippen LogP contribution in [0.15, 0.2) is 23.6 Å². The fourth-order valence-corrected chi connectivity index (χ4v) is 3.55. The Morgan fingerprint density at radius 3 is 3.12 bits per heavy atom. The number of amides is 1. The van der Waals surface area contributed by atoms with Gasteiger partial charge in [0.2, 0.25) is 5.91 Å². The third-order valence-electron chi connectivity index (χ3n) is 4.10. The largest absolute Gasteiger partial charge is 0.496 e. The first-order chi connectivity index (χ1) is 11.7. The zero-order valence-corrected chi connectivity index (χ0v) is 14.8. The molecule has 0 spiro atoms. The van der Waals surface area contributed by atoms with E-state index in [1.165, 1.54) is 11.3 Å². The number of methoxy groups -OCH3 is 1. The molecule has 2 heterocycles. The Kier molecular flexibility index (Phi) is 5.48. The summed E-state index contributed by atoms with van der Waals surface area (Å²) in [4.78, 5) is 16.6. The summed E-state index contributed by atoms with van der Waals surface area (Å²) in [5.41, 5.74) is 2.89. The predicted molar refractivity (Wildman–Crippen MR) is 95.7 cm³/mol. The molecular weight excluding hydrogens is 324 g/mol. The Morgan fingerprint density at radius 1 is 1.50 bits per heavy atom. The highest BCUT2D eigenvalue weighted by molar-refractivity contribution is 7.14. The molecule has 1 aromatic heterocycles. The van der Waals surface area contributed by atoms with Crippen LogP contribution in [-0.2, 0) is 9.53 Å². The van der Waals surface area contributed by atoms with Gasteiger partial charge in [-0.05, 0) is 38.3 Å². The summed E-state index contributed by atoms with van der Waals surface area (Å²) in [5.74, 6) is 0.768. The first kappa shape index (κ1) is 16.9. The van der Waals surface area contributed by atoms with Gasteiger partial charge >= 0.3 is 0 Å². The number of aryl methyl sites for hydroxylation is 1. The molecule has 1 aliphatic rings. The zero-order valence-electron chi connectivity index (χ0n) is 14.0. The van der Waals surface area contributed by atoms with E-state index < -0.39 is 0 Å². The van der Waals surface area contributed by atoms with Gasteiger partial charge in [0.15, 0.2) is 5.13 Å². The molecule has 0 saturated carbocycles. The quantitative estimate of drug-likeness (QED) is 0.858. The molecule has 1 saturated heterocycles. The summed E-state index contributed by atoms with van der Waals surface area (Å²) in [6.45, 7) is 2.85. The molecular formula is C18H22N2O3S. The highest BCUT2D eigenvalue weighted by Crippen LogP contribution is 2.33. The number of rotatable bonds is 6. The van der Waals surface area contributed by atoms with Crippen molar-refractivity contribution in [2.24, 2.45) is 0 Å². The van der Waals surface area contributed by atoms with E-state index in [-0.39, 0.29) is 12.0 Å². The van der Waals surface area contributed by atoms with Gasteiger partial charge < -0.3 is 14.8 Å². The molecule has 5 nitrogen and oxygen atoms in total. The maximum Gasteiger partial charge on any atom is 0.226 e. The van der Waals surface area contributed by atoms with E-state index in [1.807, 2.05) is 30.5 Å². The van der Waals surface area contributed by atoms with Crippen molar-refractivity contribution in [1.29, 1.82) is 0 Å². The molecule has 0 aliphatic carbocycles. The smallest absolute Gasteiger partial charge is 0.226 e. The number of carbonyl (C=O) groups is 1. The van der Waals surface area contributed by atoms with Crippen LogP contribution in [0.1, 0.15) is 31.2 Å². The zero-order chi connectivity index (χ0) is 16.9. The molecule has 0 bridgehead atoms. The molecule has 1 N–H and O–H groups in total. The molecule has 24 heavy (non-hydrogen) atoms. The Bertz CT molecular complexity index is 708. The number of aromatic nitrogens is 1. The monoisotopic (exact) mass is 346 g/mol. The second-order valence-corrected chi connectivity index (χ2v) is 6.82. The molecule has 6 heteroatoms. The van der Waals surface area contributed by atoms with Gasteiger partial charge in [0.1, 0.15) is 5.75 Å². The normalized spacial score (nSPS) is 17.0. The average Bonchev–Trinajstić information content (AvgIpc) is 3.24. The number of carbonyl (C=O) groups excluding carboxylic acids is 1. The van der Waals surface area contributed by atoms with Crippen molar-refractivity contribution in [3.63, 3.8) is 0 Å². The number of thiazole rings is 1. The van der Waals surface area contributed by atoms with E-state index in [0.29, 0.717) is 11.6 Å². The Labute approximate surface area is 146 Å². The van der Waals surface area contributed by atoms with Crippen LogP contribution in [0, 0.1) is 6.92 Å². The van der Waals surface area contributed by atoms with Gasteiger partial charge in [-0.25, -0.2) is 4.98 Å². The number of hydrogen-bond acceptors (Lipinski definition) is 5. The first-order valence-electron chi connectivity index (χ1n) is 8.17. The fraction of sp³-hybridized carbons (Fsp3) is 0.444. The van der Waals surface area contributed by atoms with E-state index in [9.17, 15) is 4.79 Å². The number of hydrogen-bond donors (Lipinski definition) is 1. The summed E-state index contributed by atoms with van der Waals surface area (Å²) < 4.78 is 10.9. The predicted octanol–water partition coefficient (Wildman–Crippen LogP) is 4.02. The Hall–Kier alpha value is -1.92. The van der Waals surface area contributed by atoms with Gasteiger partial charge in [-0.1, -0.05) is 11.6 Å². The Morgan fingerprint density at radius 2 is 2.38 bits per heavy atom. The molecule has 2 aromatic rings. The molecule has 3 rings (SSSR count). The summed E-state index contributed by atoms with van der Waals surface area (Å²) in [6.07, 6.45) is 3.63. The third-order valence-corrected chi connectivity index (χ3v) is 4.86. The van der Waals surface area contributed by atoms with Gasteiger partial charge in [0.25, 0.3) is 0 Å². The molecule has 128 valence electrons. The lowest BCUT2D eigenvalue weighted by atomic mass is 10.1. The standard InChI is InChI=1S/C18H22N2O3S/c1-12-5-7-16(22-2)14(10-12)15-11-24-18(19-15)20-17(21)8-6-13-4-3-9-23-13/h5,7,10-11,13H,3-4,6,8-9H2,1-2H3,(H,19,20,21)/t13-/m0/s1. The lowest BCUT2D eigenvalue weighted by Gasteiger charge is -2.08. The van der Waals surface area contributed by atoms with Crippen molar-refractivity contribution in [3.8, 4) is 17.0 Å². The summed E-state index contributed by atoms with van der Waals surface area (Å²) in [7, 11) is 1.65. The molecule has 1 fully saturated rings. The number of benzene rings is 1. The van der Waals surface area contributed by atoms with E-state index >= 15 is 0 Å². The van der Waals surface area contributed by atoms with E-state index in [4.69, 9.17) is 9.47 Å². The number of nitrogens with one attached hydrogen (secondary N) is 1. The van der Waals surface area contributed by atoms with Crippen LogP contribution < -0.4 is 10.1 Å². The van der Waals surface area contributed by atoms with E-state index in [2.05, 4.69) is 10.3 Å². The summed E-state index contributed by atoms with van der Waals surface area (Å²) in [6, 6.07) is 5.98. The van der Waals surface area contributed by atoms with Crippen LogP contribution in [-0.4, -0.2) is 30.7 Å². The lowest BCUT2D eigenvalue weighted by molar-refractivity contribution is -0.116. The van der Waals surface area contributed by atoms with Gasteiger partial charge in [0, 0.05) is 24.0 Å². The van der Waals surface area contributed by atoms with Gasteiger partial charge in [-0.2, -0.15) is 0 Å². The highest BCUT2D eigenvalue weighted by Gasteiger charge is 2.17. The minimum absolute atomic E-state index is 0.0115. The van der Waals surface area contributed by atoms with E-state index in [0.717, 1.165) is 48.4 Å². The van der Waals surface area contributed by atoms with E-state index in [1.54, 1.807) is 7.11 Å². The minimum Gasteiger partial charge on any atom is -0.496 e. The van der Waals surface area contributed by atoms with Crippen LogP contribution in [0.2, 0.25) is 0 Å². The number of ether oxygens (including phenoxy) is 2. The number of nitrogens with zero attached hydrogens (tertiary/aromatic N) is 1. The van der Waals surface area contributed by atoms with Crippen LogP contribution in [0.3, 0.4) is 0 Å². The van der Waals surface area contributed by atoms with Crippen molar-refractivity contribution in [1.82, 2.24) is 4.98 Å². The van der Waals surface area contributed by atoms with Crippen molar-refractivity contribution in [2.45, 2.75) is 38.7 Å². The second-order valence-electron chi connectivity index (χ2n) is 5.96. The summed E-state index contributed by atoms with van der Waals surface area (Å²) in [5, 5.41) is 5.43. The van der Waals surface area contributed by atoms with Gasteiger partial charge in [0.05, 0.1) is 18.9 Å².